The van der Waals surface area contributed by atoms with Crippen LogP contribution in [0.1, 0.15) is 17.5 Å². The van der Waals surface area contributed by atoms with Crippen molar-refractivity contribution in [2.45, 2.75) is 25.8 Å². The third-order valence-corrected chi connectivity index (χ3v) is 4.56. The van der Waals surface area contributed by atoms with Crippen molar-refractivity contribution in [1.29, 1.82) is 0 Å². The second-order valence-corrected chi connectivity index (χ2v) is 6.41. The maximum atomic E-state index is 12.5. The summed E-state index contributed by atoms with van der Waals surface area (Å²) < 4.78 is 0. The van der Waals surface area contributed by atoms with Gasteiger partial charge < -0.3 is 10.2 Å². The molecule has 3 rings (SSSR count). The first-order valence-corrected chi connectivity index (χ1v) is 8.33. The van der Waals surface area contributed by atoms with Gasteiger partial charge in [0.25, 0.3) is 0 Å². The molecule has 2 aromatic rings. The highest BCUT2D eigenvalue weighted by molar-refractivity contribution is 6.31. The Labute approximate surface area is 146 Å². The molecule has 0 aliphatic carbocycles. The third-order valence-electron chi connectivity index (χ3n) is 4.20. The number of aryl methyl sites for hydroxylation is 1. The molecular weight excluding hydrogens is 324 g/mol. The second kappa shape index (κ2) is 7.05. The summed E-state index contributed by atoms with van der Waals surface area (Å²) in [7, 11) is 0. The molecule has 5 heteroatoms. The van der Waals surface area contributed by atoms with E-state index < -0.39 is 6.04 Å². The number of carbonyl (C=O) groups is 2. The van der Waals surface area contributed by atoms with Crippen LogP contribution in [0.4, 0.5) is 5.69 Å². The van der Waals surface area contributed by atoms with Crippen LogP contribution >= 0.6 is 11.6 Å². The van der Waals surface area contributed by atoms with Crippen molar-refractivity contribution < 1.29 is 9.59 Å². The molecule has 2 aromatic carbocycles. The van der Waals surface area contributed by atoms with Crippen LogP contribution in [0, 0.1) is 6.92 Å². The summed E-state index contributed by atoms with van der Waals surface area (Å²) in [4.78, 5) is 26.5. The van der Waals surface area contributed by atoms with E-state index in [0.29, 0.717) is 18.0 Å². The molecule has 1 N–H and O–H groups in total. The Morgan fingerprint density at radius 3 is 2.62 bits per heavy atom. The second-order valence-electron chi connectivity index (χ2n) is 6.00. The molecule has 1 heterocycles. The molecule has 0 saturated carbocycles. The summed E-state index contributed by atoms with van der Waals surface area (Å²) in [6.07, 6.45) is 0.787. The van der Waals surface area contributed by atoms with Crippen LogP contribution in [0.2, 0.25) is 5.02 Å². The molecule has 1 aliphatic rings. The maximum Gasteiger partial charge on any atom is 0.249 e. The molecule has 2 amide bonds. The topological polar surface area (TPSA) is 49.4 Å². The number of anilines is 1. The smallest absolute Gasteiger partial charge is 0.249 e. The monoisotopic (exact) mass is 342 g/mol. The van der Waals surface area contributed by atoms with Gasteiger partial charge in [0.1, 0.15) is 6.04 Å². The lowest BCUT2D eigenvalue weighted by atomic mass is 10.1. The minimum atomic E-state index is -0.471. The Morgan fingerprint density at radius 2 is 1.92 bits per heavy atom. The van der Waals surface area contributed by atoms with E-state index >= 15 is 0 Å². The highest BCUT2D eigenvalue weighted by Crippen LogP contribution is 2.22. The fourth-order valence-electron chi connectivity index (χ4n) is 2.86. The molecule has 4 nitrogen and oxygen atoms in total. The SMILES string of the molecule is Cc1ccc(N2CC[C@@H](NC(=O)Cc3ccccc3Cl)C2=O)cc1. The van der Waals surface area contributed by atoms with Crippen molar-refractivity contribution in [2.75, 3.05) is 11.4 Å². The van der Waals surface area contributed by atoms with E-state index in [1.54, 1.807) is 11.0 Å². The van der Waals surface area contributed by atoms with E-state index in [1.807, 2.05) is 49.4 Å². The molecule has 1 fully saturated rings. The zero-order chi connectivity index (χ0) is 17.1. The molecule has 24 heavy (non-hydrogen) atoms. The number of hydrogen-bond donors (Lipinski definition) is 1. The zero-order valence-electron chi connectivity index (χ0n) is 13.5. The molecule has 0 bridgehead atoms. The van der Waals surface area contributed by atoms with Crippen LogP contribution in [0.15, 0.2) is 48.5 Å². The number of carbonyl (C=O) groups excluding carboxylic acids is 2. The largest absolute Gasteiger partial charge is 0.344 e. The predicted octanol–water partition coefficient (Wildman–Crippen LogP) is 3.11. The van der Waals surface area contributed by atoms with Gasteiger partial charge in [-0.2, -0.15) is 0 Å². The first kappa shape index (κ1) is 16.5. The van der Waals surface area contributed by atoms with Gasteiger partial charge in [0.05, 0.1) is 6.42 Å². The van der Waals surface area contributed by atoms with Crippen molar-refractivity contribution in [1.82, 2.24) is 5.32 Å². The van der Waals surface area contributed by atoms with E-state index in [1.165, 1.54) is 0 Å². The predicted molar refractivity (Wildman–Crippen MR) is 95.2 cm³/mol. The fourth-order valence-corrected chi connectivity index (χ4v) is 3.06. The van der Waals surface area contributed by atoms with Crippen molar-refractivity contribution >= 4 is 29.1 Å². The summed E-state index contributed by atoms with van der Waals surface area (Å²) in [5, 5.41) is 3.39. The molecule has 0 radical (unpaired) electrons. The van der Waals surface area contributed by atoms with E-state index in [-0.39, 0.29) is 18.2 Å². The van der Waals surface area contributed by atoms with Gasteiger partial charge >= 0.3 is 0 Å². The Hall–Kier alpha value is -2.33. The number of halogens is 1. The number of nitrogens with zero attached hydrogens (tertiary/aromatic N) is 1. The van der Waals surface area contributed by atoms with Gasteiger partial charge in [0.2, 0.25) is 11.8 Å². The van der Waals surface area contributed by atoms with Crippen LogP contribution in [0.25, 0.3) is 0 Å². The average Bonchev–Trinajstić information content (AvgIpc) is 2.91. The molecule has 0 aromatic heterocycles. The average molecular weight is 343 g/mol. The van der Waals surface area contributed by atoms with E-state index in [9.17, 15) is 9.59 Å². The molecule has 1 saturated heterocycles. The molecule has 0 unspecified atom stereocenters. The Kier molecular flexibility index (Phi) is 4.86. The molecule has 1 atom stereocenters. The number of hydrogen-bond acceptors (Lipinski definition) is 2. The summed E-state index contributed by atoms with van der Waals surface area (Å²) >= 11 is 6.07. The first-order valence-electron chi connectivity index (χ1n) is 7.95. The number of amides is 2. The van der Waals surface area contributed by atoms with Crippen molar-refractivity contribution in [3.05, 3.63) is 64.7 Å². The Bertz CT molecular complexity index is 758. The number of nitrogens with one attached hydrogen (secondary N) is 1. The van der Waals surface area contributed by atoms with Crippen molar-refractivity contribution in [3.8, 4) is 0 Å². The summed E-state index contributed by atoms with van der Waals surface area (Å²) in [6, 6.07) is 14.6. The fraction of sp³-hybridized carbons (Fsp3) is 0.263. The molecule has 0 spiro atoms. The van der Waals surface area contributed by atoms with Gasteiger partial charge in [0, 0.05) is 17.3 Å². The quantitative estimate of drug-likeness (QED) is 0.928. The lowest BCUT2D eigenvalue weighted by Crippen LogP contribution is -2.42. The lowest BCUT2D eigenvalue weighted by molar-refractivity contribution is -0.126. The van der Waals surface area contributed by atoms with Gasteiger partial charge in [0.15, 0.2) is 0 Å². The van der Waals surface area contributed by atoms with E-state index in [4.69, 9.17) is 11.6 Å². The van der Waals surface area contributed by atoms with Crippen molar-refractivity contribution in [3.63, 3.8) is 0 Å². The summed E-state index contributed by atoms with van der Waals surface area (Å²) in [6.45, 7) is 2.62. The molecule has 1 aliphatic heterocycles. The van der Waals surface area contributed by atoms with E-state index in [0.717, 1.165) is 16.8 Å². The van der Waals surface area contributed by atoms with Crippen LogP contribution in [-0.4, -0.2) is 24.4 Å². The minimum Gasteiger partial charge on any atom is -0.344 e. The molecular formula is C19H19ClN2O2. The minimum absolute atomic E-state index is 0.0636. The van der Waals surface area contributed by atoms with Crippen LogP contribution in [-0.2, 0) is 16.0 Å². The highest BCUT2D eigenvalue weighted by atomic mass is 35.5. The van der Waals surface area contributed by atoms with Gasteiger partial charge in [-0.3, -0.25) is 9.59 Å². The zero-order valence-corrected chi connectivity index (χ0v) is 14.2. The maximum absolute atomic E-state index is 12.5. The lowest BCUT2D eigenvalue weighted by Gasteiger charge is -2.17. The van der Waals surface area contributed by atoms with Gasteiger partial charge in [-0.15, -0.1) is 0 Å². The first-order chi connectivity index (χ1) is 11.5. The Balaban J connectivity index is 1.62. The van der Waals surface area contributed by atoms with Gasteiger partial charge in [-0.25, -0.2) is 0 Å². The summed E-state index contributed by atoms with van der Waals surface area (Å²) in [5.41, 5.74) is 2.78. The molecule has 124 valence electrons. The normalized spacial score (nSPS) is 17.2. The van der Waals surface area contributed by atoms with Gasteiger partial charge in [-0.1, -0.05) is 47.5 Å². The highest BCUT2D eigenvalue weighted by Gasteiger charge is 2.33. The number of rotatable bonds is 4. The van der Waals surface area contributed by atoms with Crippen LogP contribution in [0.5, 0.6) is 0 Å². The van der Waals surface area contributed by atoms with E-state index in [2.05, 4.69) is 5.32 Å². The third kappa shape index (κ3) is 3.60. The van der Waals surface area contributed by atoms with Crippen LogP contribution in [0.3, 0.4) is 0 Å². The summed E-state index contributed by atoms with van der Waals surface area (Å²) in [5.74, 6) is -0.251. The standard InChI is InChI=1S/C19H19ClN2O2/c1-13-6-8-15(9-7-13)22-11-10-17(19(22)24)21-18(23)12-14-4-2-3-5-16(14)20/h2-9,17H,10-12H2,1H3,(H,21,23)/t17-/m1/s1. The van der Waals surface area contributed by atoms with Gasteiger partial charge in [-0.05, 0) is 37.1 Å². The van der Waals surface area contributed by atoms with Crippen LogP contribution < -0.4 is 10.2 Å². The number of benzene rings is 2. The van der Waals surface area contributed by atoms with Crippen molar-refractivity contribution in [2.24, 2.45) is 0 Å². The Morgan fingerprint density at radius 1 is 1.21 bits per heavy atom.